The average molecular weight is 67.8 g/mol. The van der Waals surface area contributed by atoms with Gasteiger partial charge in [0.2, 0.25) is 0 Å². The Kier molecular flexibility index (Phi) is 20.7. The fourth-order valence-electron chi connectivity index (χ4n) is 0. The van der Waals surface area contributed by atoms with Crippen molar-refractivity contribution in [3.05, 3.63) is 0 Å². The van der Waals surface area contributed by atoms with Crippen molar-refractivity contribution in [3.8, 4) is 0 Å². The quantitative estimate of drug-likeness (QED) is 0.343. The van der Waals surface area contributed by atoms with Gasteiger partial charge < -0.3 is 0 Å². The molecular weight excluding hydrogens is 65.8 g/mol. The number of hydrogen-bond acceptors (Lipinski definition) is 1. The number of hydrogen-bond donors (Lipinski definition) is 1. The Morgan fingerprint density at radius 2 is 1.75 bits per heavy atom. The van der Waals surface area contributed by atoms with Crippen molar-refractivity contribution < 1.29 is 9.73 Å². The van der Waals surface area contributed by atoms with E-state index >= 15 is 0 Å². The van der Waals surface area contributed by atoms with Gasteiger partial charge in [-0.15, -0.1) is 0 Å². The minimum atomic E-state index is -0.250. The summed E-state index contributed by atoms with van der Waals surface area (Å²) < 4.78 is 8.36. The fraction of sp³-hybridized carbons (Fsp3) is 0. The molecule has 0 aliphatic carbocycles. The summed E-state index contributed by atoms with van der Waals surface area (Å²) in [6, 6.07) is 0. The summed E-state index contributed by atoms with van der Waals surface area (Å²) in [6.07, 6.45) is 0. The van der Waals surface area contributed by atoms with Crippen molar-refractivity contribution in [2.24, 2.45) is 0 Å². The van der Waals surface area contributed by atoms with Crippen LogP contribution in [0.15, 0.2) is 0 Å². The van der Waals surface area contributed by atoms with Gasteiger partial charge >= 0.3 is 46.6 Å². The van der Waals surface area contributed by atoms with Crippen molar-refractivity contribution in [1.82, 2.24) is 0 Å². The Balaban J connectivity index is 0. The molecule has 0 radical (unpaired) electrons. The zero-order valence-corrected chi connectivity index (χ0v) is 1.43. The molecule has 1 N–H and O–H groups in total. The molecular formula is H2BNaO2. The zero-order chi connectivity index (χ0) is 2.71. The second kappa shape index (κ2) is 9.39. The molecule has 0 atom stereocenters. The van der Waals surface area contributed by atoms with Gasteiger partial charge in [-0.05, 0) is 0 Å². The van der Waals surface area contributed by atoms with Crippen molar-refractivity contribution in [2.75, 3.05) is 0 Å². The topological polar surface area (TPSA) is 37.3 Å². The summed E-state index contributed by atoms with van der Waals surface area (Å²) in [5.41, 5.74) is 0. The van der Waals surface area contributed by atoms with E-state index in [4.69, 9.17) is 9.73 Å². The van der Waals surface area contributed by atoms with Gasteiger partial charge in [0, 0.05) is 0 Å². The molecule has 0 aromatic heterocycles. The van der Waals surface area contributed by atoms with E-state index in [0.29, 0.717) is 0 Å². The monoisotopic (exact) mass is 68.0 g/mol. The summed E-state index contributed by atoms with van der Waals surface area (Å²) in [4.78, 5) is 0. The van der Waals surface area contributed by atoms with Gasteiger partial charge in [-0.2, -0.15) is 0 Å². The van der Waals surface area contributed by atoms with E-state index in [2.05, 4.69) is 0 Å². The first-order chi connectivity index (χ1) is 1.41. The maximum atomic E-state index is 8.36. The molecule has 0 saturated carbocycles. The third-order valence-corrected chi connectivity index (χ3v) is 0. The van der Waals surface area contributed by atoms with E-state index in [1.165, 1.54) is 0 Å². The van der Waals surface area contributed by atoms with Crippen molar-refractivity contribution in [1.29, 1.82) is 0 Å². The Morgan fingerprint density at radius 3 is 1.75 bits per heavy atom. The summed E-state index contributed by atoms with van der Waals surface area (Å²) in [6.45, 7) is 0. The number of rotatable bonds is 0. The van der Waals surface area contributed by atoms with Gasteiger partial charge in [-0.25, -0.2) is 0 Å². The van der Waals surface area contributed by atoms with Crippen LogP contribution in [0.4, 0.5) is 0 Å². The van der Waals surface area contributed by atoms with Gasteiger partial charge in [0.1, 0.15) is 0 Å². The third-order valence-electron chi connectivity index (χ3n) is 0. The summed E-state index contributed by atoms with van der Waals surface area (Å²) in [5, 5.41) is 6.89. The SMILES string of the molecule is O=BO.[NaH]. The predicted octanol–water partition coefficient (Wildman–Crippen LogP) is -1.71. The molecule has 2 nitrogen and oxygen atoms in total. The van der Waals surface area contributed by atoms with Crippen LogP contribution in [0.25, 0.3) is 0 Å². The second-order valence-corrected chi connectivity index (χ2v) is 0.105. The molecule has 0 amide bonds. The van der Waals surface area contributed by atoms with Crippen LogP contribution in [-0.4, -0.2) is 41.9 Å². The first kappa shape index (κ1) is 8.82. The van der Waals surface area contributed by atoms with Crippen LogP contribution in [0.1, 0.15) is 0 Å². The van der Waals surface area contributed by atoms with E-state index in [1.54, 1.807) is 0 Å². The Bertz CT molecular complexity index is 13.5. The molecule has 0 aromatic rings. The summed E-state index contributed by atoms with van der Waals surface area (Å²) in [5.74, 6) is 0. The van der Waals surface area contributed by atoms with E-state index in [0.717, 1.165) is 0 Å². The first-order valence-electron chi connectivity index (χ1n) is 0.494. The molecule has 18 valence electrons. The zero-order valence-electron chi connectivity index (χ0n) is 1.43. The molecule has 0 rings (SSSR count). The Morgan fingerprint density at radius 1 is 1.75 bits per heavy atom. The van der Waals surface area contributed by atoms with Gasteiger partial charge in [-0.1, -0.05) is 0 Å². The average Bonchev–Trinajstić information content (AvgIpc) is 0.918. The van der Waals surface area contributed by atoms with E-state index in [9.17, 15) is 0 Å². The molecule has 0 aromatic carbocycles. The molecule has 4 heavy (non-hydrogen) atoms. The normalized spacial score (nSPS) is 2.00. The molecule has 0 spiro atoms. The molecule has 0 saturated heterocycles. The van der Waals surface area contributed by atoms with Crippen LogP contribution in [0.5, 0.6) is 0 Å². The standard InChI is InChI=1S/BHO2.Na.H/c2-1-3;;/h2H;;. The van der Waals surface area contributed by atoms with Crippen LogP contribution in [0, 0.1) is 0 Å². The van der Waals surface area contributed by atoms with E-state index in [1.807, 2.05) is 0 Å². The summed E-state index contributed by atoms with van der Waals surface area (Å²) in [7, 11) is -0.250. The van der Waals surface area contributed by atoms with E-state index in [-0.39, 0.29) is 36.9 Å². The van der Waals surface area contributed by atoms with Crippen molar-refractivity contribution >= 4 is 36.9 Å². The summed E-state index contributed by atoms with van der Waals surface area (Å²) >= 11 is 0. The van der Waals surface area contributed by atoms with Crippen LogP contribution < -0.4 is 0 Å². The van der Waals surface area contributed by atoms with Crippen molar-refractivity contribution in [2.45, 2.75) is 0 Å². The minimum absolute atomic E-state index is 0. The molecule has 4 heteroatoms. The molecule has 0 aliphatic heterocycles. The van der Waals surface area contributed by atoms with Gasteiger partial charge in [-0.3, -0.25) is 0 Å². The van der Waals surface area contributed by atoms with Crippen LogP contribution in [0.3, 0.4) is 0 Å². The van der Waals surface area contributed by atoms with Gasteiger partial charge in [0.15, 0.2) is 0 Å². The molecule has 0 fully saturated rings. The Labute approximate surface area is 46.8 Å². The fourth-order valence-corrected chi connectivity index (χ4v) is 0. The van der Waals surface area contributed by atoms with Crippen LogP contribution >= 0.6 is 0 Å². The molecule has 0 bridgehead atoms. The van der Waals surface area contributed by atoms with Crippen molar-refractivity contribution in [3.63, 3.8) is 0 Å². The first-order valence-corrected chi connectivity index (χ1v) is 0.494. The van der Waals surface area contributed by atoms with E-state index < -0.39 is 0 Å². The van der Waals surface area contributed by atoms with Gasteiger partial charge in [0.25, 0.3) is 0 Å². The van der Waals surface area contributed by atoms with Crippen LogP contribution in [-0.2, 0) is 4.70 Å². The molecule has 0 unspecified atom stereocenters. The molecule has 0 aliphatic rings. The third kappa shape index (κ3) is 16.7. The maximum absolute atomic E-state index is 8.36. The predicted molar refractivity (Wildman–Crippen MR) is 15.8 cm³/mol. The van der Waals surface area contributed by atoms with Gasteiger partial charge in [0.05, 0.1) is 0 Å². The Hall–Kier alpha value is 0.665. The molecule has 0 heterocycles. The second-order valence-electron chi connectivity index (χ2n) is 0.105. The van der Waals surface area contributed by atoms with Crippen LogP contribution in [0.2, 0.25) is 0 Å².